The van der Waals surface area contributed by atoms with Gasteiger partial charge in [0, 0.05) is 49.7 Å². The second-order valence-corrected chi connectivity index (χ2v) is 6.34. The summed E-state index contributed by atoms with van der Waals surface area (Å²) in [5.41, 5.74) is 1.31. The molecule has 27 heavy (non-hydrogen) atoms. The van der Waals surface area contributed by atoms with E-state index in [0.29, 0.717) is 35.8 Å². The van der Waals surface area contributed by atoms with Crippen LogP contribution in [0, 0.1) is 0 Å². The van der Waals surface area contributed by atoms with Crippen molar-refractivity contribution in [3.8, 4) is 5.75 Å². The molecule has 0 bridgehead atoms. The average Bonchev–Trinajstić information content (AvgIpc) is 2.73. The summed E-state index contributed by atoms with van der Waals surface area (Å²) in [6, 6.07) is 10.3. The third-order valence-corrected chi connectivity index (χ3v) is 4.68. The summed E-state index contributed by atoms with van der Waals surface area (Å²) in [6.45, 7) is 6.17. The highest BCUT2D eigenvalue weighted by molar-refractivity contribution is 6.05. The quantitative estimate of drug-likeness (QED) is 0.875. The third kappa shape index (κ3) is 4.62. The summed E-state index contributed by atoms with van der Waals surface area (Å²) >= 11 is 0. The molecule has 1 aromatic carbocycles. The molecule has 3 rings (SSSR count). The molecule has 1 aromatic heterocycles. The van der Waals surface area contributed by atoms with Gasteiger partial charge in [0.2, 0.25) is 0 Å². The Morgan fingerprint density at radius 2 is 1.93 bits per heavy atom. The molecule has 1 aliphatic heterocycles. The molecule has 0 saturated carbocycles. The van der Waals surface area contributed by atoms with Gasteiger partial charge in [0.15, 0.2) is 0 Å². The Hall–Kier alpha value is -2.93. The zero-order chi connectivity index (χ0) is 19.2. The lowest BCUT2D eigenvalue weighted by Gasteiger charge is -2.33. The number of aromatic nitrogens is 1. The molecule has 7 nitrogen and oxygen atoms in total. The molecule has 0 atom stereocenters. The maximum Gasteiger partial charge on any atom is 0.272 e. The number of methoxy groups -OCH3 is 1. The highest BCUT2D eigenvalue weighted by atomic mass is 16.5. The minimum Gasteiger partial charge on any atom is -0.497 e. The molecule has 0 unspecified atom stereocenters. The SMILES string of the molecule is CCN1CCN(C(=O)c2cc(C(=O)Nc3cccc(OC)c3)ccn2)CC1. The summed E-state index contributed by atoms with van der Waals surface area (Å²) in [5.74, 6) is 0.224. The van der Waals surface area contributed by atoms with Crippen LogP contribution < -0.4 is 10.1 Å². The lowest BCUT2D eigenvalue weighted by atomic mass is 10.2. The highest BCUT2D eigenvalue weighted by Crippen LogP contribution is 2.18. The fraction of sp³-hybridized carbons (Fsp3) is 0.350. The molecule has 7 heteroatoms. The minimum atomic E-state index is -0.296. The molecule has 0 spiro atoms. The number of anilines is 1. The zero-order valence-electron chi connectivity index (χ0n) is 15.6. The van der Waals surface area contributed by atoms with Crippen LogP contribution in [0.5, 0.6) is 5.75 Å². The van der Waals surface area contributed by atoms with Crippen LogP contribution in [0.4, 0.5) is 5.69 Å². The fourth-order valence-corrected chi connectivity index (χ4v) is 3.02. The van der Waals surface area contributed by atoms with Gasteiger partial charge in [-0.15, -0.1) is 0 Å². The van der Waals surface area contributed by atoms with Crippen molar-refractivity contribution in [3.63, 3.8) is 0 Å². The standard InChI is InChI=1S/C20H24N4O3/c1-3-23-9-11-24(12-10-23)20(26)18-13-15(7-8-21-18)19(25)22-16-5-4-6-17(14-16)27-2/h4-8,13-14H,3,9-12H2,1-2H3,(H,22,25). The van der Waals surface area contributed by atoms with E-state index in [1.54, 1.807) is 48.4 Å². The van der Waals surface area contributed by atoms with E-state index in [9.17, 15) is 9.59 Å². The van der Waals surface area contributed by atoms with Gasteiger partial charge in [-0.2, -0.15) is 0 Å². The van der Waals surface area contributed by atoms with Crippen LogP contribution in [0.15, 0.2) is 42.6 Å². The largest absolute Gasteiger partial charge is 0.497 e. The number of carbonyl (C=O) groups excluding carboxylic acids is 2. The lowest BCUT2D eigenvalue weighted by Crippen LogP contribution is -2.48. The number of nitrogens with zero attached hydrogens (tertiary/aromatic N) is 3. The van der Waals surface area contributed by atoms with Crippen LogP contribution in [-0.4, -0.2) is 66.4 Å². The predicted molar refractivity (Wildman–Crippen MR) is 103 cm³/mol. The van der Waals surface area contributed by atoms with Gasteiger partial charge in [-0.1, -0.05) is 13.0 Å². The lowest BCUT2D eigenvalue weighted by molar-refractivity contribution is 0.0637. The maximum atomic E-state index is 12.7. The van der Waals surface area contributed by atoms with Crippen molar-refractivity contribution in [3.05, 3.63) is 53.9 Å². The number of ether oxygens (including phenoxy) is 1. The van der Waals surface area contributed by atoms with Gasteiger partial charge >= 0.3 is 0 Å². The van der Waals surface area contributed by atoms with Crippen LogP contribution in [0.2, 0.25) is 0 Å². The van der Waals surface area contributed by atoms with Gasteiger partial charge in [-0.25, -0.2) is 0 Å². The van der Waals surface area contributed by atoms with Crippen LogP contribution in [0.25, 0.3) is 0 Å². The Morgan fingerprint density at radius 1 is 1.15 bits per heavy atom. The molecule has 2 amide bonds. The molecular formula is C20H24N4O3. The van der Waals surface area contributed by atoms with Crippen LogP contribution in [-0.2, 0) is 0 Å². The number of hydrogen-bond donors (Lipinski definition) is 1. The van der Waals surface area contributed by atoms with Crippen molar-refractivity contribution in [2.75, 3.05) is 45.2 Å². The molecule has 2 heterocycles. The van der Waals surface area contributed by atoms with Gasteiger partial charge in [0.1, 0.15) is 11.4 Å². The molecular weight excluding hydrogens is 344 g/mol. The molecule has 1 N–H and O–H groups in total. The van der Waals surface area contributed by atoms with Gasteiger partial charge in [-0.3, -0.25) is 14.6 Å². The van der Waals surface area contributed by atoms with E-state index in [-0.39, 0.29) is 11.8 Å². The number of rotatable bonds is 5. The van der Waals surface area contributed by atoms with Crippen molar-refractivity contribution in [2.45, 2.75) is 6.92 Å². The maximum absolute atomic E-state index is 12.7. The second-order valence-electron chi connectivity index (χ2n) is 6.34. The summed E-state index contributed by atoms with van der Waals surface area (Å²) < 4.78 is 5.16. The smallest absolute Gasteiger partial charge is 0.272 e. The zero-order valence-corrected chi connectivity index (χ0v) is 15.6. The normalized spacial score (nSPS) is 14.7. The van der Waals surface area contributed by atoms with Gasteiger partial charge in [0.05, 0.1) is 7.11 Å². The van der Waals surface area contributed by atoms with Gasteiger partial charge in [-0.05, 0) is 30.8 Å². The number of pyridine rings is 1. The van der Waals surface area contributed by atoms with E-state index in [4.69, 9.17) is 4.74 Å². The first-order valence-corrected chi connectivity index (χ1v) is 9.04. The number of benzene rings is 1. The van der Waals surface area contributed by atoms with Gasteiger partial charge in [0.25, 0.3) is 11.8 Å². The van der Waals surface area contributed by atoms with Crippen molar-refractivity contribution in [2.24, 2.45) is 0 Å². The first kappa shape index (κ1) is 18.8. The molecule has 1 aliphatic rings. The Balaban J connectivity index is 1.69. The number of likely N-dealkylation sites (N-methyl/N-ethyl adjacent to an activating group) is 1. The highest BCUT2D eigenvalue weighted by Gasteiger charge is 2.23. The Morgan fingerprint density at radius 3 is 2.63 bits per heavy atom. The summed E-state index contributed by atoms with van der Waals surface area (Å²) in [5, 5.41) is 2.81. The van der Waals surface area contributed by atoms with E-state index < -0.39 is 0 Å². The van der Waals surface area contributed by atoms with E-state index in [0.717, 1.165) is 19.6 Å². The monoisotopic (exact) mass is 368 g/mol. The Bertz CT molecular complexity index is 816. The van der Waals surface area contributed by atoms with Crippen LogP contribution >= 0.6 is 0 Å². The predicted octanol–water partition coefficient (Wildman–Crippen LogP) is 2.12. The number of carbonyl (C=O) groups is 2. The number of nitrogens with one attached hydrogen (secondary N) is 1. The van der Waals surface area contributed by atoms with Crippen molar-refractivity contribution < 1.29 is 14.3 Å². The van der Waals surface area contributed by atoms with Gasteiger partial charge < -0.3 is 19.9 Å². The fourth-order valence-electron chi connectivity index (χ4n) is 3.02. The molecule has 0 radical (unpaired) electrons. The topological polar surface area (TPSA) is 74.8 Å². The van der Waals surface area contributed by atoms with Crippen LogP contribution in [0.1, 0.15) is 27.8 Å². The first-order chi connectivity index (χ1) is 13.1. The molecule has 142 valence electrons. The average molecular weight is 368 g/mol. The van der Waals surface area contributed by atoms with E-state index in [2.05, 4.69) is 22.1 Å². The summed E-state index contributed by atoms with van der Waals surface area (Å²) in [7, 11) is 1.57. The number of amides is 2. The number of piperazine rings is 1. The van der Waals surface area contributed by atoms with Crippen molar-refractivity contribution >= 4 is 17.5 Å². The summed E-state index contributed by atoms with van der Waals surface area (Å²) in [4.78, 5) is 33.5. The number of hydrogen-bond acceptors (Lipinski definition) is 5. The Kier molecular flexibility index (Phi) is 6.03. The first-order valence-electron chi connectivity index (χ1n) is 9.04. The molecule has 1 fully saturated rings. The second kappa shape index (κ2) is 8.64. The molecule has 0 aliphatic carbocycles. The third-order valence-electron chi connectivity index (χ3n) is 4.68. The van der Waals surface area contributed by atoms with E-state index >= 15 is 0 Å². The van der Waals surface area contributed by atoms with Crippen molar-refractivity contribution in [1.82, 2.24) is 14.8 Å². The summed E-state index contributed by atoms with van der Waals surface area (Å²) in [6.07, 6.45) is 1.50. The Labute approximate surface area is 158 Å². The van der Waals surface area contributed by atoms with Crippen molar-refractivity contribution in [1.29, 1.82) is 0 Å². The molecule has 2 aromatic rings. The minimum absolute atomic E-state index is 0.137. The van der Waals surface area contributed by atoms with Crippen LogP contribution in [0.3, 0.4) is 0 Å². The molecule has 1 saturated heterocycles. The van der Waals surface area contributed by atoms with E-state index in [1.807, 2.05) is 0 Å². The van der Waals surface area contributed by atoms with E-state index in [1.165, 1.54) is 6.20 Å².